The lowest BCUT2D eigenvalue weighted by molar-refractivity contribution is 0.307. The third kappa shape index (κ3) is 5.40. The van der Waals surface area contributed by atoms with E-state index in [2.05, 4.69) is 210 Å². The highest BCUT2D eigenvalue weighted by Crippen LogP contribution is 2.77. The maximum atomic E-state index is 2.67. The van der Waals surface area contributed by atoms with Gasteiger partial charge in [0.15, 0.2) is 0 Å². The zero-order valence-electron chi connectivity index (χ0n) is 38.5. The Bertz CT molecular complexity index is 3620. The number of benzene rings is 9. The second kappa shape index (κ2) is 14.9. The predicted octanol–water partition coefficient (Wildman–Crippen LogP) is 17.7. The lowest BCUT2D eigenvalue weighted by Gasteiger charge is -2.37. The number of hydrogen-bond donors (Lipinski definition) is 0. The first-order chi connectivity index (χ1) is 33.7. The molecule has 9 aromatic carbocycles. The zero-order chi connectivity index (χ0) is 44.5. The SMILES string of the molecule is c1ccc(-n2c3ccccc3c3cc(-c4ccccc4N(c4ccc5c(c4)C4(c6ccccc6-5)C5CC6CC5CC64)c4ccccc4-c4cccc5cccc(C6CCCCC6)c45)ccc32)cc1. The molecule has 4 bridgehead atoms. The highest BCUT2D eigenvalue weighted by molar-refractivity contribution is 6.11. The van der Waals surface area contributed by atoms with Gasteiger partial charge in [0, 0.05) is 38.7 Å². The Balaban J connectivity index is 0.976. The first-order valence-corrected chi connectivity index (χ1v) is 25.6. The van der Waals surface area contributed by atoms with Gasteiger partial charge in [-0.15, -0.1) is 0 Å². The Labute approximate surface area is 399 Å². The molecule has 4 atom stereocenters. The summed E-state index contributed by atoms with van der Waals surface area (Å²) >= 11 is 0. The van der Waals surface area contributed by atoms with Crippen molar-refractivity contribution >= 4 is 49.6 Å². The van der Waals surface area contributed by atoms with Crippen molar-refractivity contribution in [2.24, 2.45) is 23.7 Å². The molecule has 0 amide bonds. The second-order valence-corrected chi connectivity index (χ2v) is 21.0. The van der Waals surface area contributed by atoms with Gasteiger partial charge in [-0.25, -0.2) is 0 Å². The van der Waals surface area contributed by atoms with Gasteiger partial charge in [0.05, 0.1) is 22.4 Å². The standard InChI is InChI=1S/C66H54N2/c1-3-17-42(18-4-1)50-27-15-19-43-20-16-28-55(65(43)50)53-25-9-13-31-62(53)68(48-34-35-52-51-24-7-11-29-57(51)66(60(52)41-48)58-39-45-37-46(58)40-59(45)66)61-30-12-8-23-49(61)44-33-36-64-56(38-44)54-26-10-14-32-63(54)67(64)47-21-5-2-6-22-47/h2,5-16,19-36,38,41-42,45-46,58-59H,1,3-4,17-18,37,39-40H2. The molecule has 0 saturated heterocycles. The lowest BCUT2D eigenvalue weighted by Crippen LogP contribution is -2.34. The molecule has 1 aromatic heterocycles. The number of rotatable bonds is 7. The topological polar surface area (TPSA) is 8.17 Å². The van der Waals surface area contributed by atoms with Crippen molar-refractivity contribution in [3.8, 4) is 39.1 Å². The molecule has 16 rings (SSSR count). The highest BCUT2D eigenvalue weighted by atomic mass is 15.1. The maximum absolute atomic E-state index is 2.67. The van der Waals surface area contributed by atoms with Crippen molar-refractivity contribution in [3.63, 3.8) is 0 Å². The molecular weight excluding hydrogens is 821 g/mol. The molecule has 10 aromatic rings. The summed E-state index contributed by atoms with van der Waals surface area (Å²) in [7, 11) is 0. The van der Waals surface area contributed by atoms with Crippen molar-refractivity contribution in [2.45, 2.75) is 62.7 Å². The van der Waals surface area contributed by atoms with Gasteiger partial charge in [0.2, 0.25) is 0 Å². The summed E-state index contributed by atoms with van der Waals surface area (Å²) < 4.78 is 2.42. The van der Waals surface area contributed by atoms with Crippen LogP contribution in [0.25, 0.3) is 71.6 Å². The first kappa shape index (κ1) is 38.9. The fraction of sp³-hybridized carbons (Fsp3) is 0.212. The van der Waals surface area contributed by atoms with E-state index in [-0.39, 0.29) is 5.41 Å². The number of fused-ring (bicyclic) bond motifs is 7. The number of aromatic nitrogens is 1. The van der Waals surface area contributed by atoms with Crippen LogP contribution in [-0.4, -0.2) is 4.57 Å². The fourth-order valence-corrected chi connectivity index (χ4v) is 15.5. The summed E-state index contributed by atoms with van der Waals surface area (Å²) in [5, 5.41) is 5.29. The van der Waals surface area contributed by atoms with Crippen molar-refractivity contribution in [3.05, 3.63) is 217 Å². The van der Waals surface area contributed by atoms with Gasteiger partial charge in [-0.05, 0) is 166 Å². The van der Waals surface area contributed by atoms with Crippen LogP contribution in [0.4, 0.5) is 17.1 Å². The summed E-state index contributed by atoms with van der Waals surface area (Å²) in [6.07, 6.45) is 10.7. The average molecular weight is 875 g/mol. The quantitative estimate of drug-likeness (QED) is 0.155. The van der Waals surface area contributed by atoms with E-state index in [0.29, 0.717) is 5.92 Å². The van der Waals surface area contributed by atoms with Crippen LogP contribution in [0.3, 0.4) is 0 Å². The zero-order valence-corrected chi connectivity index (χ0v) is 38.5. The molecule has 6 aliphatic rings. The Kier molecular flexibility index (Phi) is 8.53. The minimum absolute atomic E-state index is 0.1000. The van der Waals surface area contributed by atoms with E-state index in [0.717, 1.165) is 23.7 Å². The van der Waals surface area contributed by atoms with E-state index in [1.165, 1.54) is 146 Å². The van der Waals surface area contributed by atoms with Gasteiger partial charge >= 0.3 is 0 Å². The number of hydrogen-bond acceptors (Lipinski definition) is 1. The smallest absolute Gasteiger partial charge is 0.0541 e. The van der Waals surface area contributed by atoms with Crippen LogP contribution in [-0.2, 0) is 5.41 Å². The minimum atomic E-state index is 0.1000. The van der Waals surface area contributed by atoms with E-state index < -0.39 is 0 Å². The Morgan fingerprint density at radius 1 is 0.441 bits per heavy atom. The van der Waals surface area contributed by atoms with Gasteiger partial charge in [-0.3, -0.25) is 0 Å². The summed E-state index contributed by atoms with van der Waals surface area (Å²) in [6, 6.07) is 76.7. The van der Waals surface area contributed by atoms with Gasteiger partial charge in [-0.2, -0.15) is 0 Å². The second-order valence-electron chi connectivity index (χ2n) is 21.0. The van der Waals surface area contributed by atoms with Gasteiger partial charge in [-0.1, -0.05) is 165 Å². The van der Waals surface area contributed by atoms with E-state index in [4.69, 9.17) is 0 Å². The molecule has 68 heavy (non-hydrogen) atoms. The average Bonchev–Trinajstić information content (AvgIpc) is 4.26. The molecule has 2 nitrogen and oxygen atoms in total. The van der Waals surface area contributed by atoms with Crippen LogP contribution in [0.15, 0.2) is 200 Å². The molecule has 2 heteroatoms. The Morgan fingerprint density at radius 2 is 1.09 bits per heavy atom. The van der Waals surface area contributed by atoms with Gasteiger partial charge in [0.25, 0.3) is 0 Å². The van der Waals surface area contributed by atoms with Crippen molar-refractivity contribution in [1.82, 2.24) is 4.57 Å². The summed E-state index contributed by atoms with van der Waals surface area (Å²) in [5.74, 6) is 3.72. The molecular formula is C66H54N2. The monoisotopic (exact) mass is 874 g/mol. The molecule has 0 radical (unpaired) electrons. The van der Waals surface area contributed by atoms with E-state index in [9.17, 15) is 0 Å². The largest absolute Gasteiger partial charge is 0.309 e. The normalized spacial score (nSPS) is 22.2. The van der Waals surface area contributed by atoms with Gasteiger partial charge in [0.1, 0.15) is 0 Å². The molecule has 0 N–H and O–H groups in total. The third-order valence-electron chi connectivity index (χ3n) is 18.0. The molecule has 5 saturated carbocycles. The highest BCUT2D eigenvalue weighted by Gasteiger charge is 2.70. The number of anilines is 3. The van der Waals surface area contributed by atoms with Crippen LogP contribution in [0.2, 0.25) is 0 Å². The molecule has 1 spiro atoms. The molecule has 6 aliphatic carbocycles. The number of para-hydroxylation sites is 4. The van der Waals surface area contributed by atoms with Crippen LogP contribution < -0.4 is 4.90 Å². The fourth-order valence-electron chi connectivity index (χ4n) is 15.5. The molecule has 1 heterocycles. The molecule has 5 fully saturated rings. The Hall–Kier alpha value is -7.16. The Morgan fingerprint density at radius 3 is 1.90 bits per heavy atom. The van der Waals surface area contributed by atoms with Crippen LogP contribution in [0.5, 0.6) is 0 Å². The van der Waals surface area contributed by atoms with Crippen LogP contribution >= 0.6 is 0 Å². The maximum Gasteiger partial charge on any atom is 0.0541 e. The van der Waals surface area contributed by atoms with E-state index in [1.54, 1.807) is 11.1 Å². The summed E-state index contributed by atoms with van der Waals surface area (Å²) in [6.45, 7) is 0. The predicted molar refractivity (Wildman–Crippen MR) is 284 cm³/mol. The van der Waals surface area contributed by atoms with Crippen molar-refractivity contribution < 1.29 is 0 Å². The summed E-state index contributed by atoms with van der Waals surface area (Å²) in [4.78, 5) is 2.65. The van der Waals surface area contributed by atoms with E-state index >= 15 is 0 Å². The molecule has 328 valence electrons. The lowest BCUT2D eigenvalue weighted by atomic mass is 9.66. The van der Waals surface area contributed by atoms with Gasteiger partial charge < -0.3 is 9.47 Å². The van der Waals surface area contributed by atoms with Crippen molar-refractivity contribution in [1.29, 1.82) is 0 Å². The third-order valence-corrected chi connectivity index (χ3v) is 18.0. The molecule has 0 aliphatic heterocycles. The van der Waals surface area contributed by atoms with E-state index in [1.807, 2.05) is 0 Å². The summed E-state index contributed by atoms with van der Waals surface area (Å²) in [5.41, 5.74) is 20.1. The van der Waals surface area contributed by atoms with Crippen LogP contribution in [0.1, 0.15) is 74.0 Å². The number of nitrogens with zero attached hydrogens (tertiary/aromatic N) is 2. The van der Waals surface area contributed by atoms with Crippen LogP contribution in [0, 0.1) is 23.7 Å². The molecule has 4 unspecified atom stereocenters. The first-order valence-electron chi connectivity index (χ1n) is 25.6. The minimum Gasteiger partial charge on any atom is -0.309 e. The van der Waals surface area contributed by atoms with Crippen molar-refractivity contribution in [2.75, 3.05) is 4.90 Å².